The van der Waals surface area contributed by atoms with Gasteiger partial charge in [-0.05, 0) is 12.1 Å². The Hall–Kier alpha value is -1.27. The monoisotopic (exact) mass is 263 g/mol. The standard InChI is InChI=1S/C12H16F3NO2/c1-16(6-8-18-9-7-17)11-5-3-2-4-10(11)12(13,14)15/h2-5,17H,6-9H2,1H3. The Balaban J connectivity index is 2.70. The van der Waals surface area contributed by atoms with Gasteiger partial charge in [-0.2, -0.15) is 13.2 Å². The van der Waals surface area contributed by atoms with Crippen molar-refractivity contribution in [3.05, 3.63) is 29.8 Å². The Labute approximate surface area is 104 Å². The first-order chi connectivity index (χ1) is 8.46. The molecule has 0 saturated carbocycles. The van der Waals surface area contributed by atoms with Crippen molar-refractivity contribution in [3.8, 4) is 0 Å². The SMILES string of the molecule is CN(CCOCCO)c1ccccc1C(F)(F)F. The van der Waals surface area contributed by atoms with Crippen LogP contribution in [0.1, 0.15) is 5.56 Å². The van der Waals surface area contributed by atoms with Gasteiger partial charge >= 0.3 is 6.18 Å². The molecule has 0 aliphatic rings. The molecule has 3 nitrogen and oxygen atoms in total. The summed E-state index contributed by atoms with van der Waals surface area (Å²) in [5.41, 5.74) is -0.535. The van der Waals surface area contributed by atoms with E-state index in [-0.39, 0.29) is 25.5 Å². The fourth-order valence-electron chi connectivity index (χ4n) is 1.53. The van der Waals surface area contributed by atoms with Gasteiger partial charge < -0.3 is 14.7 Å². The van der Waals surface area contributed by atoms with Crippen molar-refractivity contribution >= 4 is 5.69 Å². The van der Waals surface area contributed by atoms with Crippen molar-refractivity contribution in [2.24, 2.45) is 0 Å². The minimum atomic E-state index is -4.36. The van der Waals surface area contributed by atoms with E-state index >= 15 is 0 Å². The fourth-order valence-corrected chi connectivity index (χ4v) is 1.53. The van der Waals surface area contributed by atoms with Crippen molar-refractivity contribution in [1.82, 2.24) is 0 Å². The van der Waals surface area contributed by atoms with Crippen LogP contribution in [-0.4, -0.2) is 38.5 Å². The summed E-state index contributed by atoms with van der Waals surface area (Å²) >= 11 is 0. The van der Waals surface area contributed by atoms with Gasteiger partial charge in [0.2, 0.25) is 0 Å². The van der Waals surface area contributed by atoms with Gasteiger partial charge in [-0.1, -0.05) is 12.1 Å². The molecule has 0 fully saturated rings. The van der Waals surface area contributed by atoms with Crippen LogP contribution in [0, 0.1) is 0 Å². The second-order valence-corrected chi connectivity index (χ2v) is 3.77. The third kappa shape index (κ3) is 4.19. The van der Waals surface area contributed by atoms with E-state index in [2.05, 4.69) is 0 Å². The van der Waals surface area contributed by atoms with Gasteiger partial charge in [-0.3, -0.25) is 0 Å². The van der Waals surface area contributed by atoms with Crippen LogP contribution >= 0.6 is 0 Å². The van der Waals surface area contributed by atoms with Gasteiger partial charge in [-0.15, -0.1) is 0 Å². The maximum Gasteiger partial charge on any atom is 0.418 e. The number of anilines is 1. The minimum absolute atomic E-state index is 0.0944. The highest BCUT2D eigenvalue weighted by Gasteiger charge is 2.33. The maximum atomic E-state index is 12.8. The summed E-state index contributed by atoms with van der Waals surface area (Å²) in [5.74, 6) is 0. The lowest BCUT2D eigenvalue weighted by Gasteiger charge is -2.23. The van der Waals surface area contributed by atoms with E-state index in [4.69, 9.17) is 9.84 Å². The number of hydrogen-bond donors (Lipinski definition) is 1. The quantitative estimate of drug-likeness (QED) is 0.798. The number of alkyl halides is 3. The van der Waals surface area contributed by atoms with Crippen LogP contribution < -0.4 is 4.90 Å². The van der Waals surface area contributed by atoms with Crippen LogP contribution in [0.5, 0.6) is 0 Å². The highest BCUT2D eigenvalue weighted by atomic mass is 19.4. The van der Waals surface area contributed by atoms with Crippen molar-refractivity contribution in [2.75, 3.05) is 38.3 Å². The van der Waals surface area contributed by atoms with Gasteiger partial charge in [-0.25, -0.2) is 0 Å². The van der Waals surface area contributed by atoms with E-state index in [1.165, 1.54) is 17.0 Å². The summed E-state index contributed by atoms with van der Waals surface area (Å²) in [4.78, 5) is 1.49. The van der Waals surface area contributed by atoms with Crippen LogP contribution in [-0.2, 0) is 10.9 Å². The van der Waals surface area contributed by atoms with E-state index in [0.29, 0.717) is 6.54 Å². The molecule has 0 heterocycles. The lowest BCUT2D eigenvalue weighted by molar-refractivity contribution is -0.137. The van der Waals surface area contributed by atoms with E-state index in [1.54, 1.807) is 13.1 Å². The largest absolute Gasteiger partial charge is 0.418 e. The topological polar surface area (TPSA) is 32.7 Å². The molecule has 0 saturated heterocycles. The molecule has 1 N–H and O–H groups in total. The third-order valence-corrected chi connectivity index (χ3v) is 2.43. The summed E-state index contributed by atoms with van der Waals surface area (Å²) in [6, 6.07) is 5.41. The Morgan fingerprint density at radius 1 is 1.22 bits per heavy atom. The number of hydrogen-bond acceptors (Lipinski definition) is 3. The maximum absolute atomic E-state index is 12.8. The molecule has 1 aromatic carbocycles. The Morgan fingerprint density at radius 2 is 1.89 bits per heavy atom. The molecular formula is C12H16F3NO2. The molecule has 0 radical (unpaired) electrons. The molecule has 102 valence electrons. The van der Waals surface area contributed by atoms with E-state index in [0.717, 1.165) is 6.07 Å². The highest BCUT2D eigenvalue weighted by molar-refractivity contribution is 5.54. The van der Waals surface area contributed by atoms with Gasteiger partial charge in [0.15, 0.2) is 0 Å². The average Bonchev–Trinajstić information content (AvgIpc) is 2.33. The molecule has 0 amide bonds. The fraction of sp³-hybridized carbons (Fsp3) is 0.500. The zero-order chi connectivity index (χ0) is 13.6. The number of rotatable bonds is 6. The summed E-state index contributed by atoms with van der Waals surface area (Å²) in [7, 11) is 1.58. The second-order valence-electron chi connectivity index (χ2n) is 3.77. The lowest BCUT2D eigenvalue weighted by atomic mass is 10.1. The molecule has 0 aliphatic carbocycles. The first-order valence-corrected chi connectivity index (χ1v) is 5.52. The number of benzene rings is 1. The third-order valence-electron chi connectivity index (χ3n) is 2.43. The van der Waals surface area contributed by atoms with Crippen molar-refractivity contribution in [3.63, 3.8) is 0 Å². The van der Waals surface area contributed by atoms with Gasteiger partial charge in [0.25, 0.3) is 0 Å². The zero-order valence-electron chi connectivity index (χ0n) is 10.1. The van der Waals surface area contributed by atoms with Crippen LogP contribution in [0.15, 0.2) is 24.3 Å². The van der Waals surface area contributed by atoms with Crippen LogP contribution in [0.3, 0.4) is 0 Å². The number of aliphatic hydroxyl groups excluding tert-OH is 1. The van der Waals surface area contributed by atoms with E-state index in [9.17, 15) is 13.2 Å². The molecule has 1 aromatic rings. The molecule has 0 unspecified atom stereocenters. The number of halogens is 3. The second kappa shape index (κ2) is 6.61. The van der Waals surface area contributed by atoms with Crippen LogP contribution in [0.25, 0.3) is 0 Å². The Bertz CT molecular complexity index is 369. The number of ether oxygens (including phenoxy) is 1. The zero-order valence-corrected chi connectivity index (χ0v) is 10.1. The summed E-state index contributed by atoms with van der Waals surface area (Å²) in [5, 5.41) is 8.51. The average molecular weight is 263 g/mol. The van der Waals surface area contributed by atoms with Gasteiger partial charge in [0.05, 0.1) is 25.4 Å². The number of likely N-dealkylation sites (N-methyl/N-ethyl adjacent to an activating group) is 1. The molecule has 0 aliphatic heterocycles. The van der Waals surface area contributed by atoms with Crippen molar-refractivity contribution < 1.29 is 23.0 Å². The Morgan fingerprint density at radius 3 is 2.50 bits per heavy atom. The van der Waals surface area contributed by atoms with E-state index in [1.807, 2.05) is 0 Å². The highest BCUT2D eigenvalue weighted by Crippen LogP contribution is 2.35. The van der Waals surface area contributed by atoms with Gasteiger partial charge in [0.1, 0.15) is 0 Å². The molecule has 0 atom stereocenters. The summed E-state index contributed by atoms with van der Waals surface area (Å²) in [6.07, 6.45) is -4.36. The van der Waals surface area contributed by atoms with Crippen molar-refractivity contribution in [1.29, 1.82) is 0 Å². The summed E-state index contributed by atoms with van der Waals surface area (Å²) < 4.78 is 43.3. The molecule has 0 aromatic heterocycles. The minimum Gasteiger partial charge on any atom is -0.394 e. The first-order valence-electron chi connectivity index (χ1n) is 5.52. The molecule has 18 heavy (non-hydrogen) atoms. The number of aliphatic hydroxyl groups is 1. The first kappa shape index (κ1) is 14.8. The summed E-state index contributed by atoms with van der Waals surface area (Å²) in [6.45, 7) is 0.688. The number of nitrogens with zero attached hydrogens (tertiary/aromatic N) is 1. The molecule has 0 spiro atoms. The van der Waals surface area contributed by atoms with Crippen LogP contribution in [0.4, 0.5) is 18.9 Å². The predicted molar refractivity (Wildman–Crippen MR) is 62.6 cm³/mol. The smallest absolute Gasteiger partial charge is 0.394 e. The molecule has 0 bridgehead atoms. The van der Waals surface area contributed by atoms with E-state index < -0.39 is 11.7 Å². The Kier molecular flexibility index (Phi) is 5.43. The predicted octanol–water partition coefficient (Wildman–Crippen LogP) is 2.15. The van der Waals surface area contributed by atoms with Crippen molar-refractivity contribution in [2.45, 2.75) is 6.18 Å². The molecular weight excluding hydrogens is 247 g/mol. The van der Waals surface area contributed by atoms with Gasteiger partial charge in [0, 0.05) is 19.3 Å². The lowest BCUT2D eigenvalue weighted by Crippen LogP contribution is -2.25. The molecule has 1 rings (SSSR count). The number of para-hydroxylation sites is 1. The molecule has 6 heteroatoms. The van der Waals surface area contributed by atoms with Crippen LogP contribution in [0.2, 0.25) is 0 Å². The normalized spacial score (nSPS) is 11.6.